The predicted octanol–water partition coefficient (Wildman–Crippen LogP) is 3.64. The molecular weight excluding hydrogens is 334 g/mol. The van der Waals surface area contributed by atoms with Crippen LogP contribution < -0.4 is 20.5 Å². The van der Waals surface area contributed by atoms with E-state index in [0.29, 0.717) is 36.0 Å². The molecule has 0 aliphatic heterocycles. The minimum atomic E-state index is -0.562. The van der Waals surface area contributed by atoms with Crippen molar-refractivity contribution in [3.63, 3.8) is 0 Å². The third kappa shape index (κ3) is 6.16. The average molecular weight is 359 g/mol. The molecule has 0 bridgehead atoms. The number of carbonyl (C=O) groups is 1. The zero-order valence-corrected chi connectivity index (χ0v) is 15.5. The van der Waals surface area contributed by atoms with Crippen molar-refractivity contribution in [3.05, 3.63) is 42.1 Å². The summed E-state index contributed by atoms with van der Waals surface area (Å²) in [7, 11) is 1.57. The lowest BCUT2D eigenvalue weighted by Gasteiger charge is -2.19. The molecule has 26 heavy (non-hydrogen) atoms. The van der Waals surface area contributed by atoms with E-state index in [2.05, 4.69) is 10.3 Å². The molecule has 2 rings (SSSR count). The van der Waals surface area contributed by atoms with Gasteiger partial charge in [0.1, 0.15) is 11.4 Å². The second kappa shape index (κ2) is 8.42. The number of amides is 1. The highest BCUT2D eigenvalue weighted by Crippen LogP contribution is 2.29. The van der Waals surface area contributed by atoms with Crippen LogP contribution >= 0.6 is 0 Å². The normalized spacial score (nSPS) is 10.9. The number of pyridine rings is 1. The fourth-order valence-electron chi connectivity index (χ4n) is 2.19. The number of hydrogen-bond acceptors (Lipinski definition) is 6. The summed E-state index contributed by atoms with van der Waals surface area (Å²) in [6, 6.07) is 8.89. The number of nitrogens with two attached hydrogens (primary N) is 1. The topological polar surface area (TPSA) is 95.7 Å². The van der Waals surface area contributed by atoms with Gasteiger partial charge >= 0.3 is 6.09 Å². The first kappa shape index (κ1) is 19.4. The average Bonchev–Trinajstić information content (AvgIpc) is 2.54. The van der Waals surface area contributed by atoms with Crippen LogP contribution in [-0.2, 0) is 11.2 Å². The van der Waals surface area contributed by atoms with Crippen LogP contribution in [0.3, 0.4) is 0 Å². The number of rotatable bonds is 6. The third-order valence-electron chi connectivity index (χ3n) is 3.29. The molecular formula is C19H25N3O4. The Morgan fingerprint density at radius 3 is 2.65 bits per heavy atom. The Morgan fingerprint density at radius 1 is 1.19 bits per heavy atom. The van der Waals surface area contributed by atoms with E-state index in [0.717, 1.165) is 5.56 Å². The molecule has 0 aliphatic rings. The Hall–Kier alpha value is -2.96. The minimum Gasteiger partial charge on any atom is -0.493 e. The molecule has 0 atom stereocenters. The summed E-state index contributed by atoms with van der Waals surface area (Å²) in [6.07, 6.45) is 1.73. The van der Waals surface area contributed by atoms with Crippen LogP contribution in [0.4, 0.5) is 16.3 Å². The summed E-state index contributed by atoms with van der Waals surface area (Å²) < 4.78 is 16.2. The van der Waals surface area contributed by atoms with Crippen molar-refractivity contribution in [2.24, 2.45) is 0 Å². The van der Waals surface area contributed by atoms with E-state index in [1.165, 1.54) is 0 Å². The minimum absolute atomic E-state index is 0.432. The molecule has 140 valence electrons. The second-order valence-electron chi connectivity index (χ2n) is 6.68. The van der Waals surface area contributed by atoms with Gasteiger partial charge in [-0.15, -0.1) is 0 Å². The highest BCUT2D eigenvalue weighted by atomic mass is 16.6. The van der Waals surface area contributed by atoms with Crippen LogP contribution in [-0.4, -0.2) is 30.4 Å². The van der Waals surface area contributed by atoms with E-state index in [9.17, 15) is 4.79 Å². The zero-order valence-electron chi connectivity index (χ0n) is 15.5. The van der Waals surface area contributed by atoms with Crippen LogP contribution in [0, 0.1) is 0 Å². The van der Waals surface area contributed by atoms with Gasteiger partial charge in [-0.3, -0.25) is 5.32 Å². The maximum Gasteiger partial charge on any atom is 0.413 e. The Labute approximate surface area is 153 Å². The fraction of sp³-hybridized carbons (Fsp3) is 0.368. The van der Waals surface area contributed by atoms with Gasteiger partial charge < -0.3 is 19.9 Å². The SMILES string of the molecule is COc1cc(N)ccc1OCCc1ccnc(NC(=O)OC(C)(C)C)c1. The number of methoxy groups -OCH3 is 1. The van der Waals surface area contributed by atoms with Gasteiger partial charge in [-0.25, -0.2) is 9.78 Å². The molecule has 0 fully saturated rings. The van der Waals surface area contributed by atoms with E-state index in [1.807, 2.05) is 6.07 Å². The van der Waals surface area contributed by atoms with E-state index >= 15 is 0 Å². The number of hydrogen-bond donors (Lipinski definition) is 2. The molecule has 0 unspecified atom stereocenters. The van der Waals surface area contributed by atoms with Crippen LogP contribution in [0.5, 0.6) is 11.5 Å². The number of benzene rings is 1. The fourth-order valence-corrected chi connectivity index (χ4v) is 2.19. The van der Waals surface area contributed by atoms with Gasteiger partial charge in [0.25, 0.3) is 0 Å². The largest absolute Gasteiger partial charge is 0.493 e. The van der Waals surface area contributed by atoms with Gasteiger partial charge in [-0.05, 0) is 50.6 Å². The van der Waals surface area contributed by atoms with E-state index in [4.69, 9.17) is 19.9 Å². The van der Waals surface area contributed by atoms with Gasteiger partial charge in [0, 0.05) is 24.4 Å². The summed E-state index contributed by atoms with van der Waals surface area (Å²) in [5.41, 5.74) is 6.75. The van der Waals surface area contributed by atoms with Crippen LogP contribution in [0.2, 0.25) is 0 Å². The summed E-state index contributed by atoms with van der Waals surface area (Å²) in [5, 5.41) is 2.62. The number of nitrogens with zero attached hydrogens (tertiary/aromatic N) is 1. The Bertz CT molecular complexity index is 757. The van der Waals surface area contributed by atoms with E-state index in [1.54, 1.807) is 58.3 Å². The molecule has 1 aromatic heterocycles. The van der Waals surface area contributed by atoms with Crippen LogP contribution in [0.25, 0.3) is 0 Å². The monoisotopic (exact) mass is 359 g/mol. The molecule has 2 aromatic rings. The summed E-state index contributed by atoms with van der Waals surface area (Å²) >= 11 is 0. The Kier molecular flexibility index (Phi) is 6.27. The number of anilines is 2. The maximum atomic E-state index is 11.8. The van der Waals surface area contributed by atoms with Crippen molar-refractivity contribution < 1.29 is 19.0 Å². The molecule has 7 heteroatoms. The molecule has 0 aliphatic carbocycles. The van der Waals surface area contributed by atoms with Crippen LogP contribution in [0.15, 0.2) is 36.5 Å². The molecule has 3 N–H and O–H groups in total. The lowest BCUT2D eigenvalue weighted by molar-refractivity contribution is 0.0635. The molecule has 0 spiro atoms. The molecule has 0 saturated carbocycles. The van der Waals surface area contributed by atoms with Crippen molar-refractivity contribution in [2.75, 3.05) is 24.8 Å². The summed E-state index contributed by atoms with van der Waals surface area (Å²) in [5.74, 6) is 1.65. The highest BCUT2D eigenvalue weighted by molar-refractivity contribution is 5.83. The molecule has 7 nitrogen and oxygen atoms in total. The van der Waals surface area contributed by atoms with Crippen LogP contribution in [0.1, 0.15) is 26.3 Å². The van der Waals surface area contributed by atoms with Crippen molar-refractivity contribution in [1.29, 1.82) is 0 Å². The van der Waals surface area contributed by atoms with Crippen molar-refractivity contribution >= 4 is 17.6 Å². The van der Waals surface area contributed by atoms with Gasteiger partial charge in [-0.2, -0.15) is 0 Å². The van der Waals surface area contributed by atoms with Gasteiger partial charge in [0.15, 0.2) is 11.5 Å². The predicted molar refractivity (Wildman–Crippen MR) is 101 cm³/mol. The maximum absolute atomic E-state index is 11.8. The molecule has 1 heterocycles. The lowest BCUT2D eigenvalue weighted by atomic mass is 10.2. The first-order chi connectivity index (χ1) is 12.3. The zero-order chi connectivity index (χ0) is 19.2. The van der Waals surface area contributed by atoms with Gasteiger partial charge in [0.05, 0.1) is 13.7 Å². The van der Waals surface area contributed by atoms with Gasteiger partial charge in [0.2, 0.25) is 0 Å². The standard InChI is InChI=1S/C19H25N3O4/c1-19(2,3)26-18(23)22-17-11-13(7-9-21-17)8-10-25-15-6-5-14(20)12-16(15)24-4/h5-7,9,11-12H,8,10,20H2,1-4H3,(H,21,22,23). The molecule has 0 saturated heterocycles. The Morgan fingerprint density at radius 2 is 1.96 bits per heavy atom. The number of ether oxygens (including phenoxy) is 3. The smallest absolute Gasteiger partial charge is 0.413 e. The molecule has 1 aromatic carbocycles. The summed E-state index contributed by atoms with van der Waals surface area (Å²) in [4.78, 5) is 15.9. The number of carbonyl (C=O) groups excluding carboxylic acids is 1. The first-order valence-electron chi connectivity index (χ1n) is 8.28. The number of nitrogens with one attached hydrogen (secondary N) is 1. The number of nitrogen functional groups attached to an aromatic ring is 1. The van der Waals surface area contributed by atoms with Crippen molar-refractivity contribution in [1.82, 2.24) is 4.98 Å². The molecule has 1 amide bonds. The molecule has 0 radical (unpaired) electrons. The van der Waals surface area contributed by atoms with E-state index in [-0.39, 0.29) is 0 Å². The quantitative estimate of drug-likeness (QED) is 0.765. The highest BCUT2D eigenvalue weighted by Gasteiger charge is 2.16. The summed E-state index contributed by atoms with van der Waals surface area (Å²) in [6.45, 7) is 5.86. The van der Waals surface area contributed by atoms with Crippen molar-refractivity contribution in [2.45, 2.75) is 32.8 Å². The lowest BCUT2D eigenvalue weighted by Crippen LogP contribution is -2.27. The first-order valence-corrected chi connectivity index (χ1v) is 8.28. The van der Waals surface area contributed by atoms with Crippen molar-refractivity contribution in [3.8, 4) is 11.5 Å². The second-order valence-corrected chi connectivity index (χ2v) is 6.68. The van der Waals surface area contributed by atoms with E-state index < -0.39 is 11.7 Å². The number of aromatic nitrogens is 1. The Balaban J connectivity index is 1.92. The van der Waals surface area contributed by atoms with Gasteiger partial charge in [-0.1, -0.05) is 0 Å². The third-order valence-corrected chi connectivity index (χ3v) is 3.29.